The number of aliphatic hydroxyl groups is 3. The van der Waals surface area contributed by atoms with Gasteiger partial charge in [0.1, 0.15) is 0 Å². The van der Waals surface area contributed by atoms with Gasteiger partial charge in [-0.1, -0.05) is 104 Å². The van der Waals surface area contributed by atoms with Crippen LogP contribution in [0.1, 0.15) is 117 Å². The van der Waals surface area contributed by atoms with Crippen LogP contribution in [-0.4, -0.2) is 100 Å². The van der Waals surface area contributed by atoms with E-state index in [2.05, 4.69) is 13.8 Å². The van der Waals surface area contributed by atoms with Crippen LogP contribution in [0.15, 0.2) is 0 Å². The number of unbranched alkanes of at least 4 members (excludes halogenated alkanes) is 12. The van der Waals surface area contributed by atoms with Crippen molar-refractivity contribution in [2.45, 2.75) is 122 Å². The molecule has 0 fully saturated rings. The molecular weight excluding hydrogens is 542 g/mol. The molecule has 12 heteroatoms. The molecule has 0 aromatic carbocycles. The molecule has 0 spiro atoms. The number of hydrogen-bond acceptors (Lipinski definition) is 8. The largest absolute Gasteiger partial charge is 0.481 e. The summed E-state index contributed by atoms with van der Waals surface area (Å²) in [5.74, 6) is -3.25. The molecule has 0 aliphatic carbocycles. The molecule has 0 bridgehead atoms. The topological polar surface area (TPSA) is 193 Å². The first-order valence-electron chi connectivity index (χ1n) is 15.0. The summed E-state index contributed by atoms with van der Waals surface area (Å²) in [4.78, 5) is 25.7. The monoisotopic (exact) mass is 599 g/mol. The zero-order chi connectivity index (χ0) is 30.9. The van der Waals surface area contributed by atoms with E-state index in [4.69, 9.17) is 15.3 Å². The van der Waals surface area contributed by atoms with Gasteiger partial charge in [-0.15, -0.1) is 0 Å². The molecule has 0 saturated carbocycles. The smallest absolute Gasteiger partial charge is 0.325 e. The van der Waals surface area contributed by atoms with Gasteiger partial charge in [-0.2, -0.15) is 8.42 Å². The molecule has 0 saturated heterocycles. The second-order valence-electron chi connectivity index (χ2n) is 10.4. The molecule has 0 aliphatic rings. The molecule has 40 heavy (non-hydrogen) atoms. The first-order chi connectivity index (χ1) is 19.0. The predicted octanol–water partition coefficient (Wildman–Crippen LogP) is 3.95. The third-order valence-electron chi connectivity index (χ3n) is 7.15. The summed E-state index contributed by atoms with van der Waals surface area (Å²) in [6.45, 7) is 5.99. The molecule has 1 unspecified atom stereocenters. The van der Waals surface area contributed by atoms with Crippen LogP contribution in [0.5, 0.6) is 0 Å². The van der Waals surface area contributed by atoms with Crippen molar-refractivity contribution < 1.29 is 48.1 Å². The second kappa shape index (κ2) is 25.4. The molecular formula is C28H57NO10S. The molecule has 0 aromatic rings. The molecule has 0 radical (unpaired) electrons. The maximum Gasteiger partial charge on any atom is 0.325 e. The minimum Gasteiger partial charge on any atom is -0.481 e. The zero-order valence-corrected chi connectivity index (χ0v) is 25.6. The van der Waals surface area contributed by atoms with Gasteiger partial charge in [-0.05, 0) is 12.8 Å². The number of carbonyl (C=O) groups is 2. The van der Waals surface area contributed by atoms with Crippen molar-refractivity contribution in [3.8, 4) is 0 Å². The quantitative estimate of drug-likeness (QED) is 0.0623. The maximum absolute atomic E-state index is 12.2. The van der Waals surface area contributed by atoms with Gasteiger partial charge in [0, 0.05) is 19.6 Å². The Balaban J connectivity index is 0. The highest BCUT2D eigenvalue weighted by atomic mass is 32.2. The van der Waals surface area contributed by atoms with E-state index in [-0.39, 0.29) is 32.7 Å². The van der Waals surface area contributed by atoms with E-state index in [1.165, 1.54) is 0 Å². The Morgan fingerprint density at radius 3 is 1.23 bits per heavy atom. The number of carboxylic acids is 2. The summed E-state index contributed by atoms with van der Waals surface area (Å²) in [6.07, 6.45) is 12.7. The van der Waals surface area contributed by atoms with Gasteiger partial charge in [0.25, 0.3) is 10.1 Å². The highest BCUT2D eigenvalue weighted by molar-refractivity contribution is 7.87. The van der Waals surface area contributed by atoms with Crippen molar-refractivity contribution in [1.82, 2.24) is 4.90 Å². The van der Waals surface area contributed by atoms with Gasteiger partial charge in [0.2, 0.25) is 0 Å². The fourth-order valence-corrected chi connectivity index (χ4v) is 6.08. The molecule has 1 atom stereocenters. The van der Waals surface area contributed by atoms with Gasteiger partial charge in [0.05, 0.1) is 25.2 Å². The lowest BCUT2D eigenvalue weighted by molar-refractivity contribution is -0.156. The summed E-state index contributed by atoms with van der Waals surface area (Å²) in [5, 5.41) is 42.5. The minimum absolute atomic E-state index is 0.0668. The Hall–Kier alpha value is -1.31. The van der Waals surface area contributed by atoms with Crippen molar-refractivity contribution in [3.05, 3.63) is 0 Å². The number of hydrogen-bond donors (Lipinski definition) is 6. The maximum atomic E-state index is 12.2. The van der Waals surface area contributed by atoms with Crippen LogP contribution < -0.4 is 0 Å². The third kappa shape index (κ3) is 18.9. The standard InChI is InChI=1S/C22H42O7S.C6H15NO3/c1-3-5-7-9-11-13-15-17-22(21(25)26,19(20(23)24)30(27,28)29)18-16-14-12-10-8-6-4-2;8-4-1-7(2-5-9)3-6-10/h19H,3-18H2,1-2H3,(H,23,24)(H,25,26)(H,27,28,29);8-10H,1-6H2. The molecule has 0 aliphatic heterocycles. The first-order valence-corrected chi connectivity index (χ1v) is 16.5. The SMILES string of the molecule is CCCCCCCCCC(CCCCCCCCC)(C(=O)O)C(C(=O)O)S(=O)(=O)O.OCCN(CCO)CCO. The zero-order valence-electron chi connectivity index (χ0n) is 24.8. The van der Waals surface area contributed by atoms with Gasteiger partial charge < -0.3 is 25.5 Å². The van der Waals surface area contributed by atoms with Crippen LogP contribution in [0.25, 0.3) is 0 Å². The summed E-state index contributed by atoms with van der Waals surface area (Å²) < 4.78 is 33.3. The number of aliphatic carboxylic acids is 2. The van der Waals surface area contributed by atoms with Crippen LogP contribution in [0.4, 0.5) is 0 Å². The Bertz CT molecular complexity index is 700. The fourth-order valence-electron chi connectivity index (χ4n) is 4.92. The summed E-state index contributed by atoms with van der Waals surface area (Å²) >= 11 is 0. The summed E-state index contributed by atoms with van der Waals surface area (Å²) in [6, 6.07) is 0. The van der Waals surface area contributed by atoms with Crippen LogP contribution in [0, 0.1) is 5.41 Å². The number of rotatable bonds is 26. The molecule has 0 rings (SSSR count). The summed E-state index contributed by atoms with van der Waals surface area (Å²) in [5.41, 5.74) is -2.01. The van der Waals surface area contributed by atoms with Crippen molar-refractivity contribution in [3.63, 3.8) is 0 Å². The lowest BCUT2D eigenvalue weighted by atomic mass is 9.74. The number of aliphatic hydroxyl groups excluding tert-OH is 3. The van der Waals surface area contributed by atoms with Crippen LogP contribution in [-0.2, 0) is 19.7 Å². The van der Waals surface area contributed by atoms with Crippen molar-refractivity contribution >= 4 is 22.1 Å². The Morgan fingerprint density at radius 1 is 0.650 bits per heavy atom. The average Bonchev–Trinajstić information content (AvgIpc) is 2.87. The van der Waals surface area contributed by atoms with E-state index < -0.39 is 32.7 Å². The van der Waals surface area contributed by atoms with Crippen LogP contribution in [0.2, 0.25) is 0 Å². The van der Waals surface area contributed by atoms with Gasteiger partial charge in [-0.3, -0.25) is 19.0 Å². The number of carboxylic acid groups (broad SMARTS) is 2. The van der Waals surface area contributed by atoms with Crippen molar-refractivity contribution in [2.24, 2.45) is 5.41 Å². The van der Waals surface area contributed by atoms with Gasteiger partial charge >= 0.3 is 11.9 Å². The fraction of sp³-hybridized carbons (Fsp3) is 0.929. The molecule has 0 heterocycles. The minimum atomic E-state index is -5.06. The molecule has 0 amide bonds. The highest BCUT2D eigenvalue weighted by Gasteiger charge is 2.55. The predicted molar refractivity (Wildman–Crippen MR) is 156 cm³/mol. The molecule has 11 nitrogen and oxygen atoms in total. The normalized spacial score (nSPS) is 12.7. The van der Waals surface area contributed by atoms with E-state index in [1.807, 2.05) is 0 Å². The molecule has 0 aromatic heterocycles. The molecule has 240 valence electrons. The molecule has 6 N–H and O–H groups in total. The summed E-state index contributed by atoms with van der Waals surface area (Å²) in [7, 11) is -5.06. The Kier molecular flexibility index (Phi) is 25.9. The average molecular weight is 600 g/mol. The Labute approximate surface area is 241 Å². The Morgan fingerprint density at radius 2 is 0.975 bits per heavy atom. The van der Waals surface area contributed by atoms with Crippen LogP contribution in [0.3, 0.4) is 0 Å². The lowest BCUT2D eigenvalue weighted by Gasteiger charge is -2.33. The van der Waals surface area contributed by atoms with E-state index in [0.29, 0.717) is 45.3 Å². The first kappa shape index (κ1) is 40.8. The van der Waals surface area contributed by atoms with E-state index >= 15 is 0 Å². The third-order valence-corrected chi connectivity index (χ3v) is 8.40. The second-order valence-corrected chi connectivity index (χ2v) is 12.0. The van der Waals surface area contributed by atoms with Gasteiger partial charge in [0.15, 0.2) is 5.25 Å². The van der Waals surface area contributed by atoms with E-state index in [0.717, 1.165) is 64.2 Å². The highest BCUT2D eigenvalue weighted by Crippen LogP contribution is 2.39. The lowest BCUT2D eigenvalue weighted by Crippen LogP contribution is -2.51. The van der Waals surface area contributed by atoms with Crippen molar-refractivity contribution in [2.75, 3.05) is 39.5 Å². The van der Waals surface area contributed by atoms with Crippen LogP contribution >= 0.6 is 0 Å². The van der Waals surface area contributed by atoms with Gasteiger partial charge in [-0.25, -0.2) is 0 Å². The van der Waals surface area contributed by atoms with E-state index in [9.17, 15) is 32.8 Å². The van der Waals surface area contributed by atoms with Crippen molar-refractivity contribution in [1.29, 1.82) is 0 Å². The number of nitrogens with zero attached hydrogens (tertiary/aromatic N) is 1. The van der Waals surface area contributed by atoms with E-state index in [1.54, 1.807) is 4.90 Å².